The molecule has 5 nitrogen and oxygen atoms in total. The quantitative estimate of drug-likeness (QED) is 0.482. The van der Waals surface area contributed by atoms with Gasteiger partial charge < -0.3 is 15.0 Å². The highest BCUT2D eigenvalue weighted by atomic mass is 79.9. The summed E-state index contributed by atoms with van der Waals surface area (Å²) >= 11 is 15.5. The SMILES string of the molecule is CC[C@@H](C)NC(=O)[C@@H](C)N(Cc1cccc(Br)c1)C(=O)COc1ccc(Cl)cc1Cl. The van der Waals surface area contributed by atoms with Gasteiger partial charge in [-0.1, -0.05) is 58.2 Å². The van der Waals surface area contributed by atoms with Crippen LogP contribution >= 0.6 is 39.1 Å². The van der Waals surface area contributed by atoms with E-state index in [1.165, 1.54) is 4.90 Å². The van der Waals surface area contributed by atoms with Crippen LogP contribution in [0.4, 0.5) is 0 Å². The van der Waals surface area contributed by atoms with Gasteiger partial charge in [0.15, 0.2) is 6.61 Å². The second kappa shape index (κ2) is 11.6. The van der Waals surface area contributed by atoms with Crippen LogP contribution in [0, 0.1) is 0 Å². The lowest BCUT2D eigenvalue weighted by Gasteiger charge is -2.29. The summed E-state index contributed by atoms with van der Waals surface area (Å²) in [6, 6.07) is 11.7. The van der Waals surface area contributed by atoms with E-state index >= 15 is 0 Å². The second-order valence-electron chi connectivity index (χ2n) is 7.01. The van der Waals surface area contributed by atoms with Crippen molar-refractivity contribution in [2.75, 3.05) is 6.61 Å². The molecule has 0 saturated heterocycles. The van der Waals surface area contributed by atoms with E-state index in [2.05, 4.69) is 21.2 Å². The first-order chi connectivity index (χ1) is 14.2. The van der Waals surface area contributed by atoms with Crippen LogP contribution in [0.15, 0.2) is 46.9 Å². The molecule has 0 fully saturated rings. The first-order valence-electron chi connectivity index (χ1n) is 9.63. The van der Waals surface area contributed by atoms with Gasteiger partial charge in [0.2, 0.25) is 5.91 Å². The molecule has 2 rings (SSSR count). The normalized spacial score (nSPS) is 12.7. The second-order valence-corrected chi connectivity index (χ2v) is 8.77. The number of hydrogen-bond donors (Lipinski definition) is 1. The van der Waals surface area contributed by atoms with Gasteiger partial charge in [0.25, 0.3) is 5.91 Å². The fourth-order valence-electron chi connectivity index (χ4n) is 2.69. The molecule has 0 spiro atoms. The summed E-state index contributed by atoms with van der Waals surface area (Å²) in [6.45, 7) is 5.64. The lowest BCUT2D eigenvalue weighted by atomic mass is 10.1. The summed E-state index contributed by atoms with van der Waals surface area (Å²) in [5.74, 6) is -0.182. The van der Waals surface area contributed by atoms with Gasteiger partial charge in [-0.05, 0) is 56.2 Å². The Morgan fingerprint density at radius 1 is 1.17 bits per heavy atom. The van der Waals surface area contributed by atoms with Gasteiger partial charge in [-0.15, -0.1) is 0 Å². The maximum atomic E-state index is 13.0. The van der Waals surface area contributed by atoms with Gasteiger partial charge in [-0.3, -0.25) is 9.59 Å². The largest absolute Gasteiger partial charge is 0.482 e. The van der Waals surface area contributed by atoms with E-state index in [4.69, 9.17) is 27.9 Å². The van der Waals surface area contributed by atoms with Gasteiger partial charge >= 0.3 is 0 Å². The average Bonchev–Trinajstić information content (AvgIpc) is 2.70. The molecule has 30 heavy (non-hydrogen) atoms. The highest BCUT2D eigenvalue weighted by Gasteiger charge is 2.27. The summed E-state index contributed by atoms with van der Waals surface area (Å²) in [7, 11) is 0. The van der Waals surface area contributed by atoms with E-state index < -0.39 is 6.04 Å². The topological polar surface area (TPSA) is 58.6 Å². The van der Waals surface area contributed by atoms with Gasteiger partial charge in [0, 0.05) is 22.1 Å². The first kappa shape index (κ1) is 24.5. The minimum atomic E-state index is -0.672. The molecule has 0 aliphatic rings. The van der Waals surface area contributed by atoms with Crippen LogP contribution in [0.3, 0.4) is 0 Å². The molecule has 0 unspecified atom stereocenters. The standard InChI is InChI=1S/C22H25BrCl2N2O3/c1-4-14(2)26-22(29)15(3)27(12-16-6-5-7-17(23)10-16)21(28)13-30-20-9-8-18(24)11-19(20)25/h5-11,14-15H,4,12-13H2,1-3H3,(H,26,29)/t14-,15-/m1/s1. The number of carbonyl (C=O) groups excluding carboxylic acids is 2. The van der Waals surface area contributed by atoms with Crippen LogP contribution in [0.2, 0.25) is 10.0 Å². The number of benzene rings is 2. The predicted molar refractivity (Wildman–Crippen MR) is 124 cm³/mol. The molecule has 2 atom stereocenters. The number of carbonyl (C=O) groups is 2. The maximum Gasteiger partial charge on any atom is 0.261 e. The number of nitrogens with one attached hydrogen (secondary N) is 1. The lowest BCUT2D eigenvalue weighted by Crippen LogP contribution is -2.50. The minimum Gasteiger partial charge on any atom is -0.482 e. The van der Waals surface area contributed by atoms with Crippen molar-refractivity contribution in [3.05, 3.63) is 62.5 Å². The van der Waals surface area contributed by atoms with Gasteiger partial charge in [-0.2, -0.15) is 0 Å². The molecule has 0 aliphatic heterocycles. The predicted octanol–water partition coefficient (Wildman–Crippen LogP) is 5.47. The van der Waals surface area contributed by atoms with Crippen molar-refractivity contribution < 1.29 is 14.3 Å². The van der Waals surface area contributed by atoms with Crippen molar-refractivity contribution in [3.63, 3.8) is 0 Å². The highest BCUT2D eigenvalue weighted by Crippen LogP contribution is 2.27. The van der Waals surface area contributed by atoms with Crippen molar-refractivity contribution in [1.82, 2.24) is 10.2 Å². The fraction of sp³-hybridized carbons (Fsp3) is 0.364. The van der Waals surface area contributed by atoms with Gasteiger partial charge in [0.1, 0.15) is 11.8 Å². The molecular formula is C22H25BrCl2N2O3. The van der Waals surface area contributed by atoms with Crippen LogP contribution in [-0.2, 0) is 16.1 Å². The van der Waals surface area contributed by atoms with Gasteiger partial charge in [-0.25, -0.2) is 0 Å². The van der Waals surface area contributed by atoms with Crippen LogP contribution in [0.5, 0.6) is 5.75 Å². The molecule has 0 saturated carbocycles. The Hall–Kier alpha value is -1.76. The van der Waals surface area contributed by atoms with Crippen molar-refractivity contribution in [2.45, 2.75) is 45.8 Å². The summed E-state index contributed by atoms with van der Waals surface area (Å²) in [5.41, 5.74) is 0.894. The number of nitrogens with zero attached hydrogens (tertiary/aromatic N) is 1. The van der Waals surface area contributed by atoms with Crippen molar-refractivity contribution in [3.8, 4) is 5.75 Å². The van der Waals surface area contributed by atoms with Crippen LogP contribution < -0.4 is 10.1 Å². The summed E-state index contributed by atoms with van der Waals surface area (Å²) in [5, 5.41) is 3.73. The Kier molecular flexibility index (Phi) is 9.46. The Bertz CT molecular complexity index is 894. The smallest absolute Gasteiger partial charge is 0.261 e. The maximum absolute atomic E-state index is 13.0. The van der Waals surface area contributed by atoms with E-state index in [0.29, 0.717) is 15.8 Å². The fourth-order valence-corrected chi connectivity index (χ4v) is 3.60. The summed E-state index contributed by atoms with van der Waals surface area (Å²) in [6.07, 6.45) is 0.802. The molecule has 0 bridgehead atoms. The van der Waals surface area contributed by atoms with E-state index in [1.807, 2.05) is 38.1 Å². The molecule has 8 heteroatoms. The molecular weight excluding hydrogens is 491 g/mol. The van der Waals surface area contributed by atoms with E-state index in [1.54, 1.807) is 25.1 Å². The number of halogens is 3. The molecule has 2 amide bonds. The molecule has 162 valence electrons. The third-order valence-corrected chi connectivity index (χ3v) is 5.68. The van der Waals surface area contributed by atoms with E-state index in [9.17, 15) is 9.59 Å². The molecule has 0 aliphatic carbocycles. The zero-order chi connectivity index (χ0) is 22.3. The van der Waals surface area contributed by atoms with Crippen molar-refractivity contribution >= 4 is 50.9 Å². The zero-order valence-electron chi connectivity index (χ0n) is 17.1. The monoisotopic (exact) mass is 514 g/mol. The van der Waals surface area contributed by atoms with Gasteiger partial charge in [0.05, 0.1) is 5.02 Å². The molecule has 0 aromatic heterocycles. The van der Waals surface area contributed by atoms with E-state index in [0.717, 1.165) is 16.5 Å². The minimum absolute atomic E-state index is 0.0203. The molecule has 0 radical (unpaired) electrons. The highest BCUT2D eigenvalue weighted by molar-refractivity contribution is 9.10. The Balaban J connectivity index is 2.18. The Morgan fingerprint density at radius 2 is 1.90 bits per heavy atom. The Morgan fingerprint density at radius 3 is 2.53 bits per heavy atom. The third-order valence-electron chi connectivity index (χ3n) is 4.66. The Labute approximate surface area is 195 Å². The zero-order valence-corrected chi connectivity index (χ0v) is 20.2. The average molecular weight is 516 g/mol. The number of rotatable bonds is 9. The van der Waals surface area contributed by atoms with Crippen LogP contribution in [0.1, 0.15) is 32.8 Å². The molecule has 0 heterocycles. The van der Waals surface area contributed by atoms with Crippen molar-refractivity contribution in [1.29, 1.82) is 0 Å². The van der Waals surface area contributed by atoms with Crippen LogP contribution in [-0.4, -0.2) is 35.4 Å². The molecule has 2 aromatic rings. The van der Waals surface area contributed by atoms with Crippen molar-refractivity contribution in [2.24, 2.45) is 0 Å². The number of ether oxygens (including phenoxy) is 1. The van der Waals surface area contributed by atoms with E-state index in [-0.39, 0.29) is 31.0 Å². The third kappa shape index (κ3) is 7.18. The molecule has 2 aromatic carbocycles. The summed E-state index contributed by atoms with van der Waals surface area (Å²) in [4.78, 5) is 27.2. The lowest BCUT2D eigenvalue weighted by molar-refractivity contribution is -0.142. The molecule has 1 N–H and O–H groups in total. The van der Waals surface area contributed by atoms with Crippen LogP contribution in [0.25, 0.3) is 0 Å². The number of amides is 2. The number of hydrogen-bond acceptors (Lipinski definition) is 3. The first-order valence-corrected chi connectivity index (χ1v) is 11.2. The summed E-state index contributed by atoms with van der Waals surface area (Å²) < 4.78 is 6.50.